The maximum Gasteiger partial charge on any atom is 0.00721 e. The summed E-state index contributed by atoms with van der Waals surface area (Å²) in [5.74, 6) is 1.74. The Morgan fingerprint density at radius 2 is 2.07 bits per heavy atom. The molecule has 2 heteroatoms. The summed E-state index contributed by atoms with van der Waals surface area (Å²) in [6, 6.07) is 10.5. The Balaban J connectivity index is 2.38. The van der Waals surface area contributed by atoms with E-state index in [1.807, 2.05) is 11.8 Å². The van der Waals surface area contributed by atoms with E-state index in [1.54, 1.807) is 0 Å². The van der Waals surface area contributed by atoms with Crippen LogP contribution < -0.4 is 0 Å². The smallest absolute Gasteiger partial charge is 0.00721 e. The van der Waals surface area contributed by atoms with Gasteiger partial charge in [-0.1, -0.05) is 47.1 Å². The number of halogens is 1. The molecular formula is C12H15BrS. The van der Waals surface area contributed by atoms with Crippen molar-refractivity contribution in [3.05, 3.63) is 40.9 Å². The second-order valence-corrected chi connectivity index (χ2v) is 5.70. The quantitative estimate of drug-likeness (QED) is 0.714. The number of thioether (sulfide) groups is 1. The molecule has 0 amide bonds. The Hall–Kier alpha value is -0.210. The molecule has 14 heavy (non-hydrogen) atoms. The zero-order chi connectivity index (χ0) is 10.4. The molecule has 0 aliphatic rings. The molecule has 0 aromatic heterocycles. The molecular weight excluding hydrogens is 256 g/mol. The van der Waals surface area contributed by atoms with E-state index in [9.17, 15) is 0 Å². The van der Waals surface area contributed by atoms with Gasteiger partial charge in [-0.3, -0.25) is 0 Å². The Labute approximate surface area is 98.9 Å². The van der Waals surface area contributed by atoms with E-state index in [0.717, 1.165) is 5.75 Å². The van der Waals surface area contributed by atoms with Crippen molar-refractivity contribution in [3.63, 3.8) is 0 Å². The molecule has 0 aliphatic carbocycles. The van der Waals surface area contributed by atoms with Crippen LogP contribution in [0.25, 0.3) is 0 Å². The average molecular weight is 271 g/mol. The maximum atomic E-state index is 3.45. The van der Waals surface area contributed by atoms with Gasteiger partial charge >= 0.3 is 0 Å². The zero-order valence-corrected chi connectivity index (χ0v) is 10.9. The zero-order valence-electron chi connectivity index (χ0n) is 8.53. The predicted molar refractivity (Wildman–Crippen MR) is 69.0 cm³/mol. The Morgan fingerprint density at radius 1 is 1.43 bits per heavy atom. The van der Waals surface area contributed by atoms with Crippen LogP contribution in [0, 0.1) is 5.92 Å². The molecule has 0 saturated heterocycles. The van der Waals surface area contributed by atoms with Gasteiger partial charge in [-0.2, -0.15) is 0 Å². The van der Waals surface area contributed by atoms with Crippen LogP contribution in [0.4, 0.5) is 0 Å². The summed E-state index contributed by atoms with van der Waals surface area (Å²) >= 11 is 5.36. The highest BCUT2D eigenvalue weighted by atomic mass is 79.9. The third-order valence-corrected chi connectivity index (χ3v) is 3.33. The molecule has 0 unspecified atom stereocenters. The van der Waals surface area contributed by atoms with Gasteiger partial charge in [0.1, 0.15) is 0 Å². The fraction of sp³-hybridized carbons (Fsp3) is 0.333. The molecule has 1 aromatic rings. The normalized spacial score (nSPS) is 14.1. The first-order valence-corrected chi connectivity index (χ1v) is 6.48. The minimum atomic E-state index is 0.611. The summed E-state index contributed by atoms with van der Waals surface area (Å²) in [5.41, 5.74) is 0. The van der Waals surface area contributed by atoms with Crippen molar-refractivity contribution in [3.8, 4) is 0 Å². The largest absolute Gasteiger partial charge is 0.126 e. The van der Waals surface area contributed by atoms with Crippen LogP contribution in [-0.4, -0.2) is 5.75 Å². The van der Waals surface area contributed by atoms with Gasteiger partial charge in [-0.05, 0) is 29.5 Å². The molecule has 1 rings (SSSR count). The second kappa shape index (κ2) is 6.31. The van der Waals surface area contributed by atoms with Crippen LogP contribution in [0.2, 0.25) is 0 Å². The summed E-state index contributed by atoms with van der Waals surface area (Å²) < 4.78 is 1.22. The lowest BCUT2D eigenvalue weighted by Crippen LogP contribution is -1.93. The Bertz CT molecular complexity index is 288. The third kappa shape index (κ3) is 4.87. The molecule has 0 spiro atoms. The number of allylic oxidation sites excluding steroid dienone is 2. The van der Waals surface area contributed by atoms with Gasteiger partial charge in [0.05, 0.1) is 0 Å². The summed E-state index contributed by atoms with van der Waals surface area (Å²) in [6.07, 6.45) is 2.25. The molecule has 0 N–H and O–H groups in total. The van der Waals surface area contributed by atoms with Gasteiger partial charge in [-0.25, -0.2) is 0 Å². The molecule has 0 saturated carbocycles. The second-order valence-electron chi connectivity index (χ2n) is 3.35. The topological polar surface area (TPSA) is 0 Å². The van der Waals surface area contributed by atoms with E-state index in [1.165, 1.54) is 9.38 Å². The van der Waals surface area contributed by atoms with Crippen LogP contribution in [0.1, 0.15) is 13.8 Å². The standard InChI is InChI=1S/C12H15BrS/c1-10(8-11(2)13)9-14-12-6-4-3-5-7-12/h3-8,10H,9H2,1-2H3/b11-8+/t10-/m1/s1. The molecule has 1 aromatic carbocycles. The number of hydrogen-bond acceptors (Lipinski definition) is 1. The van der Waals surface area contributed by atoms with Crippen molar-refractivity contribution in [2.24, 2.45) is 5.92 Å². The Kier molecular flexibility index (Phi) is 5.34. The molecule has 0 aliphatic heterocycles. The molecule has 0 radical (unpaired) electrons. The summed E-state index contributed by atoms with van der Waals surface area (Å²) in [6.45, 7) is 4.31. The van der Waals surface area contributed by atoms with Crippen molar-refractivity contribution in [2.75, 3.05) is 5.75 Å². The number of hydrogen-bond donors (Lipinski definition) is 0. The molecule has 0 bridgehead atoms. The summed E-state index contributed by atoms with van der Waals surface area (Å²) in [5, 5.41) is 0. The molecule has 1 atom stereocenters. The van der Waals surface area contributed by atoms with E-state index in [4.69, 9.17) is 0 Å². The molecule has 0 heterocycles. The van der Waals surface area contributed by atoms with Crippen molar-refractivity contribution >= 4 is 27.7 Å². The van der Waals surface area contributed by atoms with Crippen LogP contribution >= 0.6 is 27.7 Å². The van der Waals surface area contributed by atoms with Gasteiger partial charge < -0.3 is 0 Å². The van der Waals surface area contributed by atoms with Crippen molar-refractivity contribution in [1.29, 1.82) is 0 Å². The minimum absolute atomic E-state index is 0.611. The van der Waals surface area contributed by atoms with Gasteiger partial charge in [0.15, 0.2) is 0 Å². The van der Waals surface area contributed by atoms with Gasteiger partial charge in [-0.15, -0.1) is 11.8 Å². The minimum Gasteiger partial charge on any atom is -0.126 e. The highest BCUT2D eigenvalue weighted by Crippen LogP contribution is 2.21. The van der Waals surface area contributed by atoms with E-state index in [2.05, 4.69) is 66.2 Å². The van der Waals surface area contributed by atoms with Crippen molar-refractivity contribution in [1.82, 2.24) is 0 Å². The first kappa shape index (κ1) is 11.9. The van der Waals surface area contributed by atoms with E-state index < -0.39 is 0 Å². The van der Waals surface area contributed by atoms with Gasteiger partial charge in [0.25, 0.3) is 0 Å². The first-order chi connectivity index (χ1) is 6.68. The number of rotatable bonds is 4. The average Bonchev–Trinajstić information content (AvgIpc) is 2.15. The van der Waals surface area contributed by atoms with Crippen LogP contribution in [0.3, 0.4) is 0 Å². The molecule has 76 valence electrons. The van der Waals surface area contributed by atoms with Gasteiger partial charge in [0.2, 0.25) is 0 Å². The maximum absolute atomic E-state index is 3.45. The lowest BCUT2D eigenvalue weighted by Gasteiger charge is -2.06. The predicted octanol–water partition coefficient (Wildman–Crippen LogP) is 4.71. The third-order valence-electron chi connectivity index (χ3n) is 1.77. The van der Waals surface area contributed by atoms with E-state index in [0.29, 0.717) is 5.92 Å². The first-order valence-electron chi connectivity index (χ1n) is 4.70. The van der Waals surface area contributed by atoms with E-state index >= 15 is 0 Å². The fourth-order valence-electron chi connectivity index (χ4n) is 1.18. The van der Waals surface area contributed by atoms with E-state index in [-0.39, 0.29) is 0 Å². The highest BCUT2D eigenvalue weighted by Gasteiger charge is 1.99. The highest BCUT2D eigenvalue weighted by molar-refractivity contribution is 9.11. The van der Waals surface area contributed by atoms with Crippen LogP contribution in [0.15, 0.2) is 45.8 Å². The van der Waals surface area contributed by atoms with Crippen molar-refractivity contribution in [2.45, 2.75) is 18.7 Å². The lowest BCUT2D eigenvalue weighted by atomic mass is 10.2. The Morgan fingerprint density at radius 3 is 2.64 bits per heavy atom. The SMILES string of the molecule is C/C(Br)=C\[C@@H](C)CSc1ccccc1. The van der Waals surface area contributed by atoms with Gasteiger partial charge in [0, 0.05) is 10.6 Å². The van der Waals surface area contributed by atoms with Crippen LogP contribution in [-0.2, 0) is 0 Å². The van der Waals surface area contributed by atoms with Crippen molar-refractivity contribution < 1.29 is 0 Å². The molecule has 0 nitrogen and oxygen atoms in total. The monoisotopic (exact) mass is 270 g/mol. The fourth-order valence-corrected chi connectivity index (χ4v) is 2.54. The summed E-state index contributed by atoms with van der Waals surface area (Å²) in [4.78, 5) is 1.35. The summed E-state index contributed by atoms with van der Waals surface area (Å²) in [7, 11) is 0. The number of benzene rings is 1. The van der Waals surface area contributed by atoms with Crippen LogP contribution in [0.5, 0.6) is 0 Å². The lowest BCUT2D eigenvalue weighted by molar-refractivity contribution is 0.843. The molecule has 0 fully saturated rings.